The second-order valence-corrected chi connectivity index (χ2v) is 9.57. The molecule has 1 aliphatic heterocycles. The van der Waals surface area contributed by atoms with E-state index in [0.29, 0.717) is 26.1 Å². The molecule has 0 aliphatic carbocycles. The molecule has 0 spiro atoms. The molecule has 1 aliphatic rings. The Labute approximate surface area is 177 Å². The zero-order chi connectivity index (χ0) is 20.8. The van der Waals surface area contributed by atoms with Gasteiger partial charge in [-0.2, -0.15) is 0 Å². The Morgan fingerprint density at radius 2 is 2.07 bits per heavy atom. The molecular formula is C22H34BrNO4. The highest BCUT2D eigenvalue weighted by Crippen LogP contribution is 2.40. The summed E-state index contributed by atoms with van der Waals surface area (Å²) >= 11 is 3.52. The van der Waals surface area contributed by atoms with Crippen molar-refractivity contribution in [2.24, 2.45) is 5.92 Å². The quantitative estimate of drug-likeness (QED) is 0.580. The van der Waals surface area contributed by atoms with Crippen LogP contribution in [-0.4, -0.2) is 48.5 Å². The number of hydrogen-bond donors (Lipinski definition) is 1. The second kappa shape index (κ2) is 10.1. The Morgan fingerprint density at radius 1 is 1.32 bits per heavy atom. The average molecular weight is 456 g/mol. The molecule has 5 nitrogen and oxygen atoms in total. The molecule has 28 heavy (non-hydrogen) atoms. The normalized spacial score (nSPS) is 19.9. The lowest BCUT2D eigenvalue weighted by Crippen LogP contribution is -2.49. The van der Waals surface area contributed by atoms with Crippen molar-refractivity contribution in [1.82, 2.24) is 4.90 Å². The summed E-state index contributed by atoms with van der Waals surface area (Å²) < 4.78 is 11.7. The molecule has 2 rings (SSSR count). The molecule has 0 saturated carbocycles. The number of methoxy groups -OCH3 is 1. The molecule has 0 unspecified atom stereocenters. The Kier molecular flexibility index (Phi) is 8.34. The number of nitrogens with zero attached hydrogens (tertiary/aromatic N) is 1. The lowest BCUT2D eigenvalue weighted by Gasteiger charge is -2.43. The summed E-state index contributed by atoms with van der Waals surface area (Å²) in [5.41, 5.74) is -0.612. The largest absolute Gasteiger partial charge is 0.444 e. The molecule has 0 radical (unpaired) electrons. The van der Waals surface area contributed by atoms with Crippen LogP contribution in [0.3, 0.4) is 0 Å². The number of piperidine rings is 1. The number of aliphatic hydroxyl groups is 1. The Hall–Kier alpha value is -1.11. The Morgan fingerprint density at radius 3 is 2.71 bits per heavy atom. The van der Waals surface area contributed by atoms with Gasteiger partial charge in [-0.1, -0.05) is 28.1 Å². The minimum atomic E-state index is -0.988. The van der Waals surface area contributed by atoms with E-state index in [1.54, 1.807) is 12.0 Å². The first kappa shape index (κ1) is 23.2. The monoisotopic (exact) mass is 455 g/mol. The molecule has 1 N–H and O–H groups in total. The Bertz CT molecular complexity index is 646. The van der Waals surface area contributed by atoms with Crippen LogP contribution in [0, 0.1) is 5.92 Å². The number of benzene rings is 1. The molecule has 0 bridgehead atoms. The number of unbranched alkanes of at least 4 members (excludes halogenated alkanes) is 1. The van der Waals surface area contributed by atoms with E-state index >= 15 is 0 Å². The van der Waals surface area contributed by atoms with Crippen LogP contribution in [0.25, 0.3) is 0 Å². The van der Waals surface area contributed by atoms with Crippen molar-refractivity contribution in [2.45, 2.75) is 64.1 Å². The minimum Gasteiger partial charge on any atom is -0.444 e. The zero-order valence-electron chi connectivity index (χ0n) is 17.5. The molecule has 1 fully saturated rings. The van der Waals surface area contributed by atoms with E-state index in [0.717, 1.165) is 35.7 Å². The van der Waals surface area contributed by atoms with Crippen LogP contribution < -0.4 is 0 Å². The van der Waals surface area contributed by atoms with Crippen molar-refractivity contribution in [3.05, 3.63) is 34.3 Å². The van der Waals surface area contributed by atoms with Gasteiger partial charge in [0.2, 0.25) is 0 Å². The third kappa shape index (κ3) is 6.46. The minimum absolute atomic E-state index is 0.0365. The van der Waals surface area contributed by atoms with Crippen molar-refractivity contribution in [2.75, 3.05) is 26.8 Å². The molecule has 1 aromatic rings. The third-order valence-electron chi connectivity index (χ3n) is 5.23. The number of likely N-dealkylation sites (tertiary alicyclic amines) is 1. The van der Waals surface area contributed by atoms with Gasteiger partial charge >= 0.3 is 6.09 Å². The summed E-state index contributed by atoms with van der Waals surface area (Å²) in [6.07, 6.45) is 3.84. The number of carbonyl (C=O) groups excluding carboxylic acids is 1. The summed E-state index contributed by atoms with van der Waals surface area (Å²) in [5, 5.41) is 11.8. The zero-order valence-corrected chi connectivity index (χ0v) is 19.1. The van der Waals surface area contributed by atoms with Gasteiger partial charge in [0.1, 0.15) is 5.60 Å². The SMILES string of the molecule is COCCCC[C@@](O)(c1cccc(Br)c1)[C@@H]1CCCN(C(=O)OC(C)(C)C)C1. The van der Waals surface area contributed by atoms with Crippen LogP contribution in [-0.2, 0) is 15.1 Å². The van der Waals surface area contributed by atoms with Gasteiger partial charge in [0.05, 0.1) is 5.60 Å². The molecule has 0 aromatic heterocycles. The number of amides is 1. The maximum atomic E-state index is 12.6. The van der Waals surface area contributed by atoms with Gasteiger partial charge in [-0.05, 0) is 70.6 Å². The summed E-state index contributed by atoms with van der Waals surface area (Å²) in [5.74, 6) is -0.0365. The van der Waals surface area contributed by atoms with Crippen LogP contribution in [0.5, 0.6) is 0 Å². The standard InChI is InChI=1S/C22H34BrNO4/c1-21(2,3)28-20(25)24-13-8-10-18(16-24)22(26,12-5-6-14-27-4)17-9-7-11-19(23)15-17/h7,9,11,15,18,26H,5-6,8,10,12-14,16H2,1-4H3/t18-,22-/m1/s1. The predicted octanol–water partition coefficient (Wildman–Crippen LogP) is 5.10. The van der Waals surface area contributed by atoms with Crippen LogP contribution in [0.4, 0.5) is 4.79 Å². The first-order valence-corrected chi connectivity index (χ1v) is 10.9. The van der Waals surface area contributed by atoms with E-state index in [1.165, 1.54) is 0 Å². The lowest BCUT2D eigenvalue weighted by atomic mass is 9.74. The van der Waals surface area contributed by atoms with Gasteiger partial charge in [0.25, 0.3) is 0 Å². The molecule has 1 amide bonds. The van der Waals surface area contributed by atoms with Gasteiger partial charge in [-0.3, -0.25) is 0 Å². The van der Waals surface area contributed by atoms with Crippen molar-refractivity contribution in [3.8, 4) is 0 Å². The topological polar surface area (TPSA) is 59.0 Å². The maximum Gasteiger partial charge on any atom is 0.410 e. The Balaban J connectivity index is 2.20. The van der Waals surface area contributed by atoms with Crippen LogP contribution in [0.1, 0.15) is 58.4 Å². The molecule has 2 atom stereocenters. The second-order valence-electron chi connectivity index (χ2n) is 8.65. The van der Waals surface area contributed by atoms with Crippen molar-refractivity contribution >= 4 is 22.0 Å². The van der Waals surface area contributed by atoms with Crippen molar-refractivity contribution in [3.63, 3.8) is 0 Å². The molecule has 1 aromatic carbocycles. The van der Waals surface area contributed by atoms with Gasteiger partial charge < -0.3 is 19.5 Å². The maximum absolute atomic E-state index is 12.6. The smallest absolute Gasteiger partial charge is 0.410 e. The molecular weight excluding hydrogens is 422 g/mol. The van der Waals surface area contributed by atoms with Crippen molar-refractivity contribution < 1.29 is 19.4 Å². The van der Waals surface area contributed by atoms with E-state index in [-0.39, 0.29) is 12.0 Å². The van der Waals surface area contributed by atoms with Crippen LogP contribution in [0.15, 0.2) is 28.7 Å². The predicted molar refractivity (Wildman–Crippen MR) is 114 cm³/mol. The summed E-state index contributed by atoms with van der Waals surface area (Å²) in [4.78, 5) is 14.3. The first-order valence-electron chi connectivity index (χ1n) is 10.1. The van der Waals surface area contributed by atoms with Gasteiger partial charge in [0, 0.05) is 37.2 Å². The molecule has 158 valence electrons. The number of ether oxygens (including phenoxy) is 2. The fourth-order valence-corrected chi connectivity index (χ4v) is 4.24. The van der Waals surface area contributed by atoms with Gasteiger partial charge in [-0.25, -0.2) is 4.79 Å². The fourth-order valence-electron chi connectivity index (χ4n) is 3.84. The van der Waals surface area contributed by atoms with E-state index in [2.05, 4.69) is 15.9 Å². The summed E-state index contributed by atoms with van der Waals surface area (Å²) in [6, 6.07) is 7.88. The number of rotatable bonds is 7. The van der Waals surface area contributed by atoms with E-state index in [4.69, 9.17) is 9.47 Å². The van der Waals surface area contributed by atoms with E-state index in [1.807, 2.05) is 45.0 Å². The molecule has 6 heteroatoms. The lowest BCUT2D eigenvalue weighted by molar-refractivity contribution is -0.0642. The number of halogens is 1. The summed E-state index contributed by atoms with van der Waals surface area (Å²) in [6.45, 7) is 7.48. The number of carbonyl (C=O) groups is 1. The van der Waals surface area contributed by atoms with Crippen LogP contribution >= 0.6 is 15.9 Å². The number of hydrogen-bond acceptors (Lipinski definition) is 4. The van der Waals surface area contributed by atoms with Gasteiger partial charge in [0.15, 0.2) is 0 Å². The summed E-state index contributed by atoms with van der Waals surface area (Å²) in [7, 11) is 1.69. The van der Waals surface area contributed by atoms with Gasteiger partial charge in [-0.15, -0.1) is 0 Å². The first-order chi connectivity index (χ1) is 13.2. The third-order valence-corrected chi connectivity index (χ3v) is 5.72. The highest BCUT2D eigenvalue weighted by molar-refractivity contribution is 9.10. The fraction of sp³-hybridized carbons (Fsp3) is 0.682. The highest BCUT2D eigenvalue weighted by Gasteiger charge is 2.41. The van der Waals surface area contributed by atoms with Crippen molar-refractivity contribution in [1.29, 1.82) is 0 Å². The van der Waals surface area contributed by atoms with Crippen LogP contribution in [0.2, 0.25) is 0 Å². The molecule has 1 saturated heterocycles. The average Bonchev–Trinajstić information content (AvgIpc) is 2.64. The highest BCUT2D eigenvalue weighted by atomic mass is 79.9. The molecule has 1 heterocycles. The van der Waals surface area contributed by atoms with E-state index < -0.39 is 11.2 Å². The van der Waals surface area contributed by atoms with E-state index in [9.17, 15) is 9.90 Å².